The molecule has 18 heavy (non-hydrogen) atoms. The first kappa shape index (κ1) is 16.3. The normalized spacial score (nSPS) is 9.61. The third-order valence-electron chi connectivity index (χ3n) is 2.18. The maximum absolute atomic E-state index is 10.6. The second kappa shape index (κ2) is 6.92. The maximum Gasteiger partial charge on any atom is 2.00 e. The Balaban J connectivity index is -0.000000963. The second-order valence-corrected chi connectivity index (χ2v) is 3.36. The molecule has 0 aliphatic carbocycles. The van der Waals surface area contributed by atoms with E-state index < -0.39 is 22.8 Å². The fraction of sp³-hybridized carbons (Fsp3) is 0.200. The summed E-state index contributed by atoms with van der Waals surface area (Å²) in [5.41, 5.74) is 0.293. The van der Waals surface area contributed by atoms with Crippen molar-refractivity contribution in [2.24, 2.45) is 5.92 Å². The molecule has 0 aliphatic heterocycles. The Bertz CT molecular complexity index is 453. The first-order valence-corrected chi connectivity index (χ1v) is 4.60. The zero-order valence-corrected chi connectivity index (χ0v) is 10.7. The van der Waals surface area contributed by atoms with E-state index >= 15 is 0 Å². The summed E-state index contributed by atoms with van der Waals surface area (Å²) in [7, 11) is 0. The Labute approximate surface area is 121 Å². The van der Waals surface area contributed by atoms with Crippen LogP contribution in [0.15, 0.2) is 24.3 Å². The Morgan fingerprint density at radius 1 is 1.22 bits per heavy atom. The van der Waals surface area contributed by atoms with Gasteiger partial charge in [0.1, 0.15) is 0 Å². The number of nitro benzene ring substituents is 1. The van der Waals surface area contributed by atoms with Crippen LogP contribution in [0.25, 0.3) is 0 Å². The Hall–Kier alpha value is -1.67. The number of nitro groups is 1. The number of carbonyl (C=O) groups is 2. The smallest absolute Gasteiger partial charge is 1.00 e. The quantitative estimate of drug-likeness (QED) is 0.351. The van der Waals surface area contributed by atoms with E-state index in [0.717, 1.165) is 0 Å². The number of hydrogen-bond donors (Lipinski definition) is 2. The zero-order valence-electron chi connectivity index (χ0n) is 11.3. The molecule has 1 aromatic carbocycles. The van der Waals surface area contributed by atoms with Crippen LogP contribution in [0.1, 0.15) is 8.42 Å². The Morgan fingerprint density at radius 3 is 2.00 bits per heavy atom. The summed E-state index contributed by atoms with van der Waals surface area (Å²) in [6.07, 6.45) is -0.206. The molecule has 0 saturated carbocycles. The largest absolute Gasteiger partial charge is 2.00 e. The molecule has 0 aromatic heterocycles. The minimum Gasteiger partial charge on any atom is -1.00 e. The van der Waals surface area contributed by atoms with Crippen molar-refractivity contribution in [2.75, 3.05) is 0 Å². The first-order valence-electron chi connectivity index (χ1n) is 4.60. The maximum atomic E-state index is 10.6. The molecule has 1 rings (SSSR count). The third kappa shape index (κ3) is 4.30. The molecular formula is C10H11MgNO6. The van der Waals surface area contributed by atoms with Crippen molar-refractivity contribution in [2.45, 2.75) is 6.42 Å². The number of carboxylic acids is 2. The van der Waals surface area contributed by atoms with Gasteiger partial charge in [0.2, 0.25) is 0 Å². The predicted molar refractivity (Wildman–Crippen MR) is 63.5 cm³/mol. The molecule has 0 fully saturated rings. The molecule has 7 nitrogen and oxygen atoms in total. The van der Waals surface area contributed by atoms with Gasteiger partial charge in [-0.25, -0.2) is 0 Å². The summed E-state index contributed by atoms with van der Waals surface area (Å²) >= 11 is 0. The van der Waals surface area contributed by atoms with E-state index in [0.29, 0.717) is 5.56 Å². The molecular weight excluding hydrogens is 254 g/mol. The van der Waals surface area contributed by atoms with Crippen molar-refractivity contribution < 1.29 is 27.6 Å². The van der Waals surface area contributed by atoms with Crippen LogP contribution >= 0.6 is 0 Å². The molecule has 0 spiro atoms. The molecule has 0 atom stereocenters. The second-order valence-electron chi connectivity index (χ2n) is 3.36. The van der Waals surface area contributed by atoms with Crippen LogP contribution < -0.4 is 0 Å². The Kier molecular flexibility index (Phi) is 6.27. The molecule has 2 N–H and O–H groups in total. The number of nitrogens with zero attached hydrogens (tertiary/aromatic N) is 1. The van der Waals surface area contributed by atoms with Crippen molar-refractivity contribution in [3.63, 3.8) is 0 Å². The molecule has 8 heteroatoms. The molecule has 0 unspecified atom stereocenters. The minimum absolute atomic E-state index is 0. The van der Waals surface area contributed by atoms with Gasteiger partial charge in [-0.3, -0.25) is 19.7 Å². The van der Waals surface area contributed by atoms with Gasteiger partial charge in [0, 0.05) is 12.1 Å². The minimum atomic E-state index is -1.54. The van der Waals surface area contributed by atoms with Gasteiger partial charge >= 0.3 is 35.0 Å². The van der Waals surface area contributed by atoms with Crippen LogP contribution in [0.2, 0.25) is 0 Å². The van der Waals surface area contributed by atoms with Gasteiger partial charge in [0.25, 0.3) is 5.69 Å². The summed E-state index contributed by atoms with van der Waals surface area (Å²) in [5.74, 6) is -4.41. The fourth-order valence-electron chi connectivity index (χ4n) is 1.27. The average molecular weight is 266 g/mol. The molecule has 0 aliphatic rings. The van der Waals surface area contributed by atoms with Gasteiger partial charge in [-0.1, -0.05) is 12.1 Å². The molecule has 0 amide bonds. The number of rotatable bonds is 5. The van der Waals surface area contributed by atoms with Crippen molar-refractivity contribution in [3.8, 4) is 0 Å². The van der Waals surface area contributed by atoms with E-state index in [1.165, 1.54) is 24.3 Å². The standard InChI is InChI=1S/C10H9NO6.Mg.2H/c12-9(13)8(10(14)15)5-6-1-3-7(4-2-6)11(16)17;;;/h1-4,8H,5H2,(H,12,13)(H,14,15);;;/q;+2;2*-1. The van der Waals surface area contributed by atoms with Crippen molar-refractivity contribution >= 4 is 40.7 Å². The number of hydrogen-bond acceptors (Lipinski definition) is 4. The Morgan fingerprint density at radius 2 is 1.67 bits per heavy atom. The molecule has 0 saturated heterocycles. The summed E-state index contributed by atoms with van der Waals surface area (Å²) in [6.45, 7) is 0. The topological polar surface area (TPSA) is 118 Å². The van der Waals surface area contributed by atoms with E-state index in [4.69, 9.17) is 10.2 Å². The summed E-state index contributed by atoms with van der Waals surface area (Å²) in [5, 5.41) is 27.7. The van der Waals surface area contributed by atoms with Crippen molar-refractivity contribution in [3.05, 3.63) is 39.9 Å². The molecule has 0 bridgehead atoms. The number of aliphatic carboxylic acids is 2. The fourth-order valence-corrected chi connectivity index (χ4v) is 1.27. The van der Waals surface area contributed by atoms with Crippen LogP contribution in [0.3, 0.4) is 0 Å². The van der Waals surface area contributed by atoms with E-state index in [1.807, 2.05) is 0 Å². The summed E-state index contributed by atoms with van der Waals surface area (Å²) < 4.78 is 0. The van der Waals surface area contributed by atoms with Crippen LogP contribution in [0, 0.1) is 16.0 Å². The predicted octanol–water partition coefficient (Wildman–Crippen LogP) is 0.767. The summed E-state index contributed by atoms with van der Waals surface area (Å²) in [6, 6.07) is 5.10. The van der Waals surface area contributed by atoms with Crippen molar-refractivity contribution in [1.29, 1.82) is 0 Å². The molecule has 0 radical (unpaired) electrons. The van der Waals surface area contributed by atoms with E-state index in [1.54, 1.807) is 0 Å². The van der Waals surface area contributed by atoms with Crippen LogP contribution in [-0.2, 0) is 16.0 Å². The monoisotopic (exact) mass is 265 g/mol. The van der Waals surface area contributed by atoms with Crippen LogP contribution in [-0.4, -0.2) is 50.1 Å². The summed E-state index contributed by atoms with van der Waals surface area (Å²) in [4.78, 5) is 31.0. The number of non-ortho nitro benzene ring substituents is 1. The van der Waals surface area contributed by atoms with Gasteiger partial charge in [-0.2, -0.15) is 0 Å². The molecule has 0 heterocycles. The van der Waals surface area contributed by atoms with E-state index in [2.05, 4.69) is 0 Å². The van der Waals surface area contributed by atoms with Gasteiger partial charge in [0.15, 0.2) is 5.92 Å². The van der Waals surface area contributed by atoms with Gasteiger partial charge < -0.3 is 13.1 Å². The van der Waals surface area contributed by atoms with Gasteiger partial charge in [-0.15, -0.1) is 0 Å². The number of benzene rings is 1. The SMILES string of the molecule is O=C(O)C(Cc1ccc([N+](=O)[O-])cc1)C(=O)O.[H-].[H-].[Mg+2]. The van der Waals surface area contributed by atoms with Crippen LogP contribution in [0.5, 0.6) is 0 Å². The number of carboxylic acid groups (broad SMARTS) is 2. The zero-order chi connectivity index (χ0) is 13.0. The molecule has 94 valence electrons. The van der Waals surface area contributed by atoms with E-state index in [9.17, 15) is 19.7 Å². The van der Waals surface area contributed by atoms with Crippen LogP contribution in [0.4, 0.5) is 5.69 Å². The average Bonchev–Trinajstić information content (AvgIpc) is 2.25. The van der Waals surface area contributed by atoms with E-state index in [-0.39, 0.29) is 38.0 Å². The first-order chi connectivity index (χ1) is 7.91. The molecule has 1 aromatic rings. The third-order valence-corrected chi connectivity index (χ3v) is 2.18. The van der Waals surface area contributed by atoms with Crippen molar-refractivity contribution in [1.82, 2.24) is 0 Å². The van der Waals surface area contributed by atoms with Gasteiger partial charge in [0.05, 0.1) is 4.92 Å². The van der Waals surface area contributed by atoms with Gasteiger partial charge in [-0.05, 0) is 12.0 Å².